The summed E-state index contributed by atoms with van der Waals surface area (Å²) in [6.07, 6.45) is 0. The molecule has 0 bridgehead atoms. The Kier molecular flexibility index (Phi) is 3.99. The number of non-ortho nitro benzene ring substituents is 1. The van der Waals surface area contributed by atoms with Crippen molar-refractivity contribution in [3.05, 3.63) is 51.2 Å². The predicted octanol–water partition coefficient (Wildman–Crippen LogP) is 4.00. The van der Waals surface area contributed by atoms with Crippen molar-refractivity contribution in [1.29, 1.82) is 0 Å². The maximum atomic E-state index is 11.3. The third-order valence-electron chi connectivity index (χ3n) is 3.09. The van der Waals surface area contributed by atoms with Gasteiger partial charge in [-0.15, -0.1) is 0 Å². The van der Waals surface area contributed by atoms with Gasteiger partial charge in [-0.05, 0) is 32.0 Å². The Labute approximate surface area is 125 Å². The van der Waals surface area contributed by atoms with Gasteiger partial charge in [0.05, 0.1) is 15.6 Å². The Morgan fingerprint density at radius 2 is 2.00 bits per heavy atom. The topological polar surface area (TPSA) is 85.4 Å². The summed E-state index contributed by atoms with van der Waals surface area (Å²) in [6, 6.07) is 7.04. The van der Waals surface area contributed by atoms with Crippen LogP contribution in [0.4, 0.5) is 5.69 Å². The number of aromatic nitrogens is 1. The van der Waals surface area contributed by atoms with Crippen LogP contribution in [0.3, 0.4) is 0 Å². The molecule has 0 aliphatic heterocycles. The highest BCUT2D eigenvalue weighted by Gasteiger charge is 2.20. The second kappa shape index (κ2) is 5.57. The molecule has 0 fully saturated rings. The first-order valence-corrected chi connectivity index (χ1v) is 6.59. The van der Waals surface area contributed by atoms with Crippen LogP contribution in [0.2, 0.25) is 5.02 Å². The molecule has 0 amide bonds. The normalized spacial score (nSPS) is 10.9. The molecule has 21 heavy (non-hydrogen) atoms. The van der Waals surface area contributed by atoms with Crippen molar-refractivity contribution in [3.63, 3.8) is 0 Å². The Morgan fingerprint density at radius 3 is 2.52 bits per heavy atom. The Bertz CT molecular complexity index is 722. The van der Waals surface area contributed by atoms with E-state index >= 15 is 0 Å². The van der Waals surface area contributed by atoms with Gasteiger partial charge in [0, 0.05) is 23.7 Å². The summed E-state index contributed by atoms with van der Waals surface area (Å²) in [5, 5.41) is 20.4. The third kappa shape index (κ3) is 2.75. The maximum absolute atomic E-state index is 11.3. The minimum absolute atomic E-state index is 0.0946. The molecule has 0 unspecified atom stereocenters. The fraction of sp³-hybridized carbons (Fsp3) is 0.214. The molecular weight excluding hydrogens is 296 g/mol. The number of nitro groups is 1. The molecule has 7 heteroatoms. The largest absolute Gasteiger partial charge is 0.477 e. The molecule has 1 aromatic carbocycles. The van der Waals surface area contributed by atoms with Gasteiger partial charge in [-0.25, -0.2) is 4.79 Å². The number of benzene rings is 1. The average Bonchev–Trinajstić information content (AvgIpc) is 2.83. The number of carboxylic acids is 1. The molecule has 110 valence electrons. The summed E-state index contributed by atoms with van der Waals surface area (Å²) >= 11 is 6.12. The van der Waals surface area contributed by atoms with Crippen LogP contribution in [0.15, 0.2) is 30.3 Å². The zero-order chi connectivity index (χ0) is 15.7. The lowest BCUT2D eigenvalue weighted by molar-refractivity contribution is -0.384. The number of hydrogen-bond acceptors (Lipinski definition) is 3. The lowest BCUT2D eigenvalue weighted by Crippen LogP contribution is -2.11. The fourth-order valence-corrected chi connectivity index (χ4v) is 2.44. The minimum Gasteiger partial charge on any atom is -0.477 e. The van der Waals surface area contributed by atoms with Crippen molar-refractivity contribution in [2.24, 2.45) is 0 Å². The molecule has 0 spiro atoms. The lowest BCUT2D eigenvalue weighted by atomic mass is 10.1. The van der Waals surface area contributed by atoms with Crippen LogP contribution in [-0.2, 0) is 0 Å². The van der Waals surface area contributed by atoms with Gasteiger partial charge in [-0.3, -0.25) is 10.1 Å². The molecule has 0 saturated heterocycles. The second-order valence-corrected chi connectivity index (χ2v) is 5.20. The van der Waals surface area contributed by atoms with Gasteiger partial charge in [-0.2, -0.15) is 0 Å². The summed E-state index contributed by atoms with van der Waals surface area (Å²) in [5.74, 6) is -1.06. The highest BCUT2D eigenvalue weighted by Crippen LogP contribution is 2.34. The average molecular weight is 309 g/mol. The zero-order valence-corrected chi connectivity index (χ0v) is 12.2. The predicted molar refractivity (Wildman–Crippen MR) is 78.9 cm³/mol. The van der Waals surface area contributed by atoms with Crippen molar-refractivity contribution >= 4 is 23.3 Å². The molecule has 0 radical (unpaired) electrons. The number of hydrogen-bond donors (Lipinski definition) is 1. The molecule has 0 aliphatic rings. The van der Waals surface area contributed by atoms with E-state index in [1.807, 2.05) is 13.8 Å². The van der Waals surface area contributed by atoms with E-state index in [-0.39, 0.29) is 17.4 Å². The van der Waals surface area contributed by atoms with E-state index in [2.05, 4.69) is 0 Å². The molecular formula is C14H13ClN2O4. The summed E-state index contributed by atoms with van der Waals surface area (Å²) in [4.78, 5) is 21.6. The number of rotatable bonds is 4. The van der Waals surface area contributed by atoms with Gasteiger partial charge >= 0.3 is 5.97 Å². The van der Waals surface area contributed by atoms with Crippen molar-refractivity contribution in [1.82, 2.24) is 4.57 Å². The van der Waals surface area contributed by atoms with E-state index in [9.17, 15) is 20.0 Å². The summed E-state index contributed by atoms with van der Waals surface area (Å²) in [6.45, 7) is 3.67. The number of carboxylic acid groups (broad SMARTS) is 1. The van der Waals surface area contributed by atoms with Gasteiger partial charge in [0.2, 0.25) is 0 Å². The number of halogens is 1. The standard InChI is InChI=1S/C14H13ClN2O4/c1-8(2)16-12(5-6-13(16)14(18)19)10-7-9(17(20)21)3-4-11(10)15/h3-8H,1-2H3,(H,18,19). The maximum Gasteiger partial charge on any atom is 0.352 e. The van der Waals surface area contributed by atoms with E-state index in [1.54, 1.807) is 10.6 Å². The number of nitrogens with zero attached hydrogens (tertiary/aromatic N) is 2. The van der Waals surface area contributed by atoms with E-state index in [0.29, 0.717) is 16.3 Å². The van der Waals surface area contributed by atoms with Gasteiger partial charge in [0.15, 0.2) is 0 Å². The number of carbonyl (C=O) groups is 1. The molecule has 1 N–H and O–H groups in total. The van der Waals surface area contributed by atoms with Crippen LogP contribution in [-0.4, -0.2) is 20.6 Å². The Balaban J connectivity index is 2.70. The van der Waals surface area contributed by atoms with Crippen LogP contribution in [0.25, 0.3) is 11.3 Å². The van der Waals surface area contributed by atoms with E-state index < -0.39 is 10.9 Å². The summed E-state index contributed by atoms with van der Waals surface area (Å²) < 4.78 is 1.59. The van der Waals surface area contributed by atoms with E-state index in [0.717, 1.165) is 0 Å². The van der Waals surface area contributed by atoms with Crippen LogP contribution >= 0.6 is 11.6 Å². The van der Waals surface area contributed by atoms with Crippen LogP contribution < -0.4 is 0 Å². The Hall–Kier alpha value is -2.34. The number of nitro benzene ring substituents is 1. The van der Waals surface area contributed by atoms with Gasteiger partial charge in [0.1, 0.15) is 5.69 Å². The van der Waals surface area contributed by atoms with Gasteiger partial charge in [-0.1, -0.05) is 11.6 Å². The molecule has 1 heterocycles. The smallest absolute Gasteiger partial charge is 0.352 e. The third-order valence-corrected chi connectivity index (χ3v) is 3.42. The zero-order valence-electron chi connectivity index (χ0n) is 11.4. The van der Waals surface area contributed by atoms with Crippen LogP contribution in [0.5, 0.6) is 0 Å². The molecule has 0 atom stereocenters. The second-order valence-electron chi connectivity index (χ2n) is 4.79. The Morgan fingerprint density at radius 1 is 1.33 bits per heavy atom. The van der Waals surface area contributed by atoms with Gasteiger partial charge < -0.3 is 9.67 Å². The minimum atomic E-state index is -1.06. The highest BCUT2D eigenvalue weighted by molar-refractivity contribution is 6.33. The van der Waals surface area contributed by atoms with Crippen molar-refractivity contribution in [2.75, 3.05) is 0 Å². The molecule has 6 nitrogen and oxygen atoms in total. The SMILES string of the molecule is CC(C)n1c(C(=O)O)ccc1-c1cc([N+](=O)[O-])ccc1Cl. The number of aromatic carboxylic acids is 1. The summed E-state index contributed by atoms with van der Waals surface area (Å²) in [5.41, 5.74) is 0.994. The molecule has 2 rings (SSSR count). The quantitative estimate of drug-likeness (QED) is 0.683. The van der Waals surface area contributed by atoms with Crippen molar-refractivity contribution < 1.29 is 14.8 Å². The van der Waals surface area contributed by atoms with Crippen LogP contribution in [0, 0.1) is 10.1 Å². The van der Waals surface area contributed by atoms with E-state index in [1.165, 1.54) is 24.3 Å². The first-order valence-electron chi connectivity index (χ1n) is 6.21. The lowest BCUT2D eigenvalue weighted by Gasteiger charge is -2.16. The monoisotopic (exact) mass is 308 g/mol. The molecule has 1 aromatic heterocycles. The first-order chi connectivity index (χ1) is 9.82. The highest BCUT2D eigenvalue weighted by atomic mass is 35.5. The van der Waals surface area contributed by atoms with Crippen LogP contribution in [0.1, 0.15) is 30.4 Å². The van der Waals surface area contributed by atoms with Crippen molar-refractivity contribution in [3.8, 4) is 11.3 Å². The fourth-order valence-electron chi connectivity index (χ4n) is 2.22. The molecule has 2 aromatic rings. The summed E-state index contributed by atoms with van der Waals surface area (Å²) in [7, 11) is 0. The van der Waals surface area contributed by atoms with E-state index in [4.69, 9.17) is 11.6 Å². The first kappa shape index (κ1) is 15.1. The molecule has 0 saturated carbocycles. The molecule has 0 aliphatic carbocycles. The van der Waals surface area contributed by atoms with Gasteiger partial charge in [0.25, 0.3) is 5.69 Å². The van der Waals surface area contributed by atoms with Crippen molar-refractivity contribution in [2.45, 2.75) is 19.9 Å².